The molecular formula is C14H14F6N2O3S. The van der Waals surface area contributed by atoms with Gasteiger partial charge in [-0.1, -0.05) is 0 Å². The number of hydrogen-bond donors (Lipinski definition) is 1. The minimum Gasteiger partial charge on any atom is -0.369 e. The van der Waals surface area contributed by atoms with E-state index in [1.165, 1.54) is 0 Å². The number of sulfonamides is 1. The van der Waals surface area contributed by atoms with Crippen molar-refractivity contribution in [3.8, 4) is 0 Å². The summed E-state index contributed by atoms with van der Waals surface area (Å²) in [5.74, 6) is -1.23. The van der Waals surface area contributed by atoms with Crippen LogP contribution in [0.4, 0.5) is 26.3 Å². The van der Waals surface area contributed by atoms with Gasteiger partial charge in [-0.2, -0.15) is 30.6 Å². The first kappa shape index (κ1) is 20.5. The van der Waals surface area contributed by atoms with Crippen LogP contribution in [0.2, 0.25) is 0 Å². The second kappa shape index (κ2) is 6.72. The molecule has 1 heterocycles. The summed E-state index contributed by atoms with van der Waals surface area (Å²) in [6.45, 7) is -0.457. The predicted molar refractivity (Wildman–Crippen MR) is 77.1 cm³/mol. The van der Waals surface area contributed by atoms with Crippen LogP contribution in [-0.4, -0.2) is 31.7 Å². The van der Waals surface area contributed by atoms with E-state index < -0.39 is 50.2 Å². The molecule has 5 nitrogen and oxygen atoms in total. The second-order valence-electron chi connectivity index (χ2n) is 5.82. The summed E-state index contributed by atoms with van der Waals surface area (Å²) in [7, 11) is -4.60. The van der Waals surface area contributed by atoms with Crippen LogP contribution in [0.25, 0.3) is 0 Å². The maximum atomic E-state index is 12.9. The quantitative estimate of drug-likeness (QED) is 0.787. The van der Waals surface area contributed by atoms with Crippen molar-refractivity contribution in [3.05, 3.63) is 29.3 Å². The smallest absolute Gasteiger partial charge is 0.369 e. The maximum absolute atomic E-state index is 12.9. The highest BCUT2D eigenvalue weighted by Crippen LogP contribution is 2.38. The number of rotatable bonds is 3. The Hall–Kier alpha value is -1.82. The fraction of sp³-hybridized carbons (Fsp3) is 0.500. The molecule has 1 fully saturated rings. The predicted octanol–water partition coefficient (Wildman–Crippen LogP) is 2.61. The third kappa shape index (κ3) is 4.29. The zero-order chi connectivity index (χ0) is 19.9. The number of piperidine rings is 1. The fourth-order valence-electron chi connectivity index (χ4n) is 2.61. The van der Waals surface area contributed by atoms with Gasteiger partial charge in [0.25, 0.3) is 0 Å². The number of alkyl halides is 6. The van der Waals surface area contributed by atoms with Crippen molar-refractivity contribution < 1.29 is 39.6 Å². The molecule has 0 atom stereocenters. The van der Waals surface area contributed by atoms with Crippen LogP contribution in [0.15, 0.2) is 23.1 Å². The van der Waals surface area contributed by atoms with E-state index in [0.717, 1.165) is 4.31 Å². The lowest BCUT2D eigenvalue weighted by Crippen LogP contribution is -2.41. The van der Waals surface area contributed by atoms with E-state index in [1.54, 1.807) is 0 Å². The summed E-state index contributed by atoms with van der Waals surface area (Å²) < 4.78 is 103. The number of primary amides is 1. The molecule has 146 valence electrons. The third-order valence-electron chi connectivity index (χ3n) is 4.06. The molecule has 0 spiro atoms. The van der Waals surface area contributed by atoms with Gasteiger partial charge in [-0.25, -0.2) is 8.42 Å². The van der Waals surface area contributed by atoms with Crippen LogP contribution >= 0.6 is 0 Å². The van der Waals surface area contributed by atoms with Crippen molar-refractivity contribution in [2.45, 2.75) is 30.1 Å². The first-order chi connectivity index (χ1) is 11.7. The van der Waals surface area contributed by atoms with E-state index in [-0.39, 0.29) is 44.1 Å². The molecule has 1 saturated heterocycles. The van der Waals surface area contributed by atoms with Crippen LogP contribution in [0, 0.1) is 5.92 Å². The summed E-state index contributed by atoms with van der Waals surface area (Å²) in [5.41, 5.74) is 1.69. The average Bonchev–Trinajstić information content (AvgIpc) is 2.52. The molecule has 1 amide bonds. The average molecular weight is 404 g/mol. The SMILES string of the molecule is NC(=O)C1CCN(S(=O)(=O)c2cc(C(F)(F)F)cc(C(F)(F)F)c2)CC1. The van der Waals surface area contributed by atoms with E-state index >= 15 is 0 Å². The summed E-state index contributed by atoms with van der Waals surface area (Å²) in [6.07, 6.45) is -10.2. The molecule has 2 rings (SSSR count). The number of carbonyl (C=O) groups excluding carboxylic acids is 1. The first-order valence-corrected chi connectivity index (χ1v) is 8.76. The highest BCUT2D eigenvalue weighted by Gasteiger charge is 2.39. The molecule has 0 radical (unpaired) electrons. The van der Waals surface area contributed by atoms with Crippen LogP contribution in [0.5, 0.6) is 0 Å². The molecule has 0 unspecified atom stereocenters. The van der Waals surface area contributed by atoms with Crippen molar-refractivity contribution in [3.63, 3.8) is 0 Å². The number of nitrogens with two attached hydrogens (primary N) is 1. The number of hydrogen-bond acceptors (Lipinski definition) is 3. The van der Waals surface area contributed by atoms with Crippen LogP contribution in [-0.2, 0) is 27.2 Å². The zero-order valence-electron chi connectivity index (χ0n) is 13.1. The van der Waals surface area contributed by atoms with E-state index in [9.17, 15) is 39.6 Å². The molecule has 1 aromatic carbocycles. The van der Waals surface area contributed by atoms with Gasteiger partial charge in [-0.15, -0.1) is 0 Å². The van der Waals surface area contributed by atoms with Gasteiger partial charge in [0, 0.05) is 19.0 Å². The molecule has 1 aromatic rings. The number of carbonyl (C=O) groups is 1. The Bertz CT molecular complexity index is 764. The Labute approximate surface area is 144 Å². The van der Waals surface area contributed by atoms with Crippen molar-refractivity contribution in [1.29, 1.82) is 0 Å². The van der Waals surface area contributed by atoms with E-state index in [1.807, 2.05) is 0 Å². The lowest BCUT2D eigenvalue weighted by Gasteiger charge is -2.30. The molecule has 0 bridgehead atoms. The second-order valence-corrected chi connectivity index (χ2v) is 7.76. The van der Waals surface area contributed by atoms with Gasteiger partial charge in [-0.3, -0.25) is 4.79 Å². The first-order valence-electron chi connectivity index (χ1n) is 7.32. The van der Waals surface area contributed by atoms with Crippen molar-refractivity contribution >= 4 is 15.9 Å². The Morgan fingerprint density at radius 3 is 1.73 bits per heavy atom. The lowest BCUT2D eigenvalue weighted by atomic mass is 9.98. The summed E-state index contributed by atoms with van der Waals surface area (Å²) in [6, 6.07) is 0.202. The number of amides is 1. The number of benzene rings is 1. The Balaban J connectivity index is 2.44. The van der Waals surface area contributed by atoms with Crippen LogP contribution in [0.3, 0.4) is 0 Å². The molecule has 26 heavy (non-hydrogen) atoms. The number of nitrogens with zero attached hydrogens (tertiary/aromatic N) is 1. The molecule has 0 saturated carbocycles. The maximum Gasteiger partial charge on any atom is 0.416 e. The molecule has 1 aliphatic heterocycles. The van der Waals surface area contributed by atoms with Gasteiger partial charge in [0.2, 0.25) is 15.9 Å². The van der Waals surface area contributed by atoms with Crippen LogP contribution < -0.4 is 5.73 Å². The molecule has 12 heteroatoms. The minimum absolute atomic E-state index is 0.0413. The van der Waals surface area contributed by atoms with Gasteiger partial charge < -0.3 is 5.73 Å². The van der Waals surface area contributed by atoms with Crippen molar-refractivity contribution in [1.82, 2.24) is 4.31 Å². The van der Waals surface area contributed by atoms with E-state index in [2.05, 4.69) is 0 Å². The topological polar surface area (TPSA) is 80.5 Å². The number of halogens is 6. The monoisotopic (exact) mass is 404 g/mol. The summed E-state index contributed by atoms with van der Waals surface area (Å²) in [4.78, 5) is 10.00. The zero-order valence-corrected chi connectivity index (χ0v) is 13.9. The van der Waals surface area contributed by atoms with Crippen LogP contribution in [0.1, 0.15) is 24.0 Å². The van der Waals surface area contributed by atoms with Gasteiger partial charge in [0.1, 0.15) is 0 Å². The van der Waals surface area contributed by atoms with E-state index in [0.29, 0.717) is 0 Å². The molecule has 1 aliphatic rings. The third-order valence-corrected chi connectivity index (χ3v) is 5.93. The van der Waals surface area contributed by atoms with Gasteiger partial charge in [0.05, 0.1) is 16.0 Å². The van der Waals surface area contributed by atoms with Crippen molar-refractivity contribution in [2.24, 2.45) is 11.7 Å². The van der Waals surface area contributed by atoms with E-state index in [4.69, 9.17) is 5.73 Å². The Kier molecular flexibility index (Phi) is 5.30. The molecule has 0 aliphatic carbocycles. The Morgan fingerprint density at radius 2 is 1.38 bits per heavy atom. The highest BCUT2D eigenvalue weighted by atomic mass is 32.2. The van der Waals surface area contributed by atoms with Gasteiger partial charge in [0.15, 0.2) is 0 Å². The summed E-state index contributed by atoms with van der Waals surface area (Å²) in [5, 5.41) is 0. The molecule has 0 aromatic heterocycles. The van der Waals surface area contributed by atoms with Gasteiger partial charge in [-0.05, 0) is 31.0 Å². The highest BCUT2D eigenvalue weighted by molar-refractivity contribution is 7.89. The van der Waals surface area contributed by atoms with Crippen molar-refractivity contribution in [2.75, 3.05) is 13.1 Å². The largest absolute Gasteiger partial charge is 0.416 e. The van der Waals surface area contributed by atoms with Gasteiger partial charge >= 0.3 is 12.4 Å². The normalized spacial score (nSPS) is 18.1. The minimum atomic E-state index is -5.15. The Morgan fingerprint density at radius 1 is 0.962 bits per heavy atom. The fourth-order valence-corrected chi connectivity index (χ4v) is 4.15. The lowest BCUT2D eigenvalue weighted by molar-refractivity contribution is -0.143. The molecule has 2 N–H and O–H groups in total. The summed E-state index contributed by atoms with van der Waals surface area (Å²) >= 11 is 0. The molecular weight excluding hydrogens is 390 g/mol. The standard InChI is InChI=1S/C14H14F6N2O3S/c15-13(16,17)9-5-10(14(18,19)20)7-11(6-9)26(24,25)22-3-1-8(2-4-22)12(21)23/h5-8H,1-4H2,(H2,21,23).